The van der Waals surface area contributed by atoms with Gasteiger partial charge in [-0.3, -0.25) is 4.57 Å². The fraction of sp³-hybridized carbons (Fsp3) is 0.933. The second-order valence-electron chi connectivity index (χ2n) is 6.04. The Morgan fingerprint density at radius 2 is 1.32 bits per heavy atom. The van der Waals surface area contributed by atoms with E-state index in [4.69, 9.17) is 9.79 Å². The first kappa shape index (κ1) is 24.9. The van der Waals surface area contributed by atoms with Crippen LogP contribution in [0.2, 0.25) is 0 Å². The Labute approximate surface area is 156 Å². The summed E-state index contributed by atoms with van der Waals surface area (Å²) in [6.07, 6.45) is 10.9. The van der Waals surface area contributed by atoms with Crippen molar-refractivity contribution in [2.24, 2.45) is 0 Å². The molecular formula is C15H30NaO5P. The van der Waals surface area contributed by atoms with Crippen LogP contribution in [-0.4, -0.2) is 20.9 Å². The maximum absolute atomic E-state index is 11.3. The van der Waals surface area contributed by atoms with Gasteiger partial charge >= 0.3 is 37.2 Å². The zero-order valence-electron chi connectivity index (χ0n) is 14.3. The largest absolute Gasteiger partial charge is 1.00 e. The number of unbranched alkanes of at least 4 members (excludes halogenated alkanes) is 9. The van der Waals surface area contributed by atoms with Gasteiger partial charge in [0.05, 0.1) is 5.97 Å². The average Bonchev–Trinajstić information content (AvgIpc) is 2.39. The van der Waals surface area contributed by atoms with Crippen molar-refractivity contribution in [1.82, 2.24) is 0 Å². The molecule has 0 spiro atoms. The van der Waals surface area contributed by atoms with Crippen molar-refractivity contribution in [3.05, 3.63) is 0 Å². The van der Waals surface area contributed by atoms with E-state index in [-0.39, 0.29) is 36.0 Å². The van der Waals surface area contributed by atoms with E-state index in [0.717, 1.165) is 26.2 Å². The van der Waals surface area contributed by atoms with Gasteiger partial charge in [-0.15, -0.1) is 0 Å². The summed E-state index contributed by atoms with van der Waals surface area (Å²) < 4.78 is 11.3. The maximum atomic E-state index is 11.3. The Balaban J connectivity index is 0. The van der Waals surface area contributed by atoms with Crippen molar-refractivity contribution in [3.63, 3.8) is 0 Å². The summed E-state index contributed by atoms with van der Waals surface area (Å²) in [5.41, 5.74) is 0. The normalized spacial score (nSPS) is 14.2. The molecule has 0 aliphatic heterocycles. The SMILES string of the molecule is CCCCCCCCCCCCC(C)(C(=O)[O-])P(=O)(O)O.[Na+]. The molecule has 5 nitrogen and oxygen atoms in total. The predicted octanol–water partition coefficient (Wildman–Crippen LogP) is -0.0123. The number of hydrogen-bond acceptors (Lipinski definition) is 3. The van der Waals surface area contributed by atoms with Gasteiger partial charge in [-0.25, -0.2) is 0 Å². The number of carboxylic acid groups (broad SMARTS) is 1. The zero-order valence-corrected chi connectivity index (χ0v) is 17.2. The number of carbonyl (C=O) groups is 1. The molecule has 126 valence electrons. The first-order valence-electron chi connectivity index (χ1n) is 8.03. The molecule has 2 N–H and O–H groups in total. The minimum Gasteiger partial charge on any atom is -0.549 e. The molecule has 0 saturated heterocycles. The van der Waals surface area contributed by atoms with Gasteiger partial charge < -0.3 is 19.7 Å². The molecule has 0 fully saturated rings. The fourth-order valence-corrected chi connectivity index (χ4v) is 3.01. The van der Waals surface area contributed by atoms with Crippen LogP contribution in [0.5, 0.6) is 0 Å². The molecule has 0 aliphatic rings. The third-order valence-electron chi connectivity index (χ3n) is 4.10. The van der Waals surface area contributed by atoms with E-state index >= 15 is 0 Å². The predicted molar refractivity (Wildman–Crippen MR) is 81.9 cm³/mol. The van der Waals surface area contributed by atoms with Gasteiger partial charge in [0.2, 0.25) is 0 Å². The minimum atomic E-state index is -4.68. The molecule has 0 heterocycles. The summed E-state index contributed by atoms with van der Waals surface area (Å²) in [6.45, 7) is 3.27. The van der Waals surface area contributed by atoms with Gasteiger partial charge in [-0.05, 0) is 13.3 Å². The molecule has 0 amide bonds. The molecule has 1 atom stereocenters. The number of rotatable bonds is 13. The first-order chi connectivity index (χ1) is 9.75. The second kappa shape index (κ2) is 13.0. The number of carbonyl (C=O) groups excluding carboxylic acids is 1. The van der Waals surface area contributed by atoms with Crippen molar-refractivity contribution in [1.29, 1.82) is 0 Å². The molecule has 0 radical (unpaired) electrons. The maximum Gasteiger partial charge on any atom is 1.00 e. The summed E-state index contributed by atoms with van der Waals surface area (Å²) in [6, 6.07) is 0. The van der Waals surface area contributed by atoms with Crippen LogP contribution >= 0.6 is 7.60 Å². The van der Waals surface area contributed by atoms with Gasteiger partial charge in [0.25, 0.3) is 0 Å². The quantitative estimate of drug-likeness (QED) is 0.278. The van der Waals surface area contributed by atoms with E-state index in [9.17, 15) is 14.5 Å². The molecule has 0 aromatic heterocycles. The van der Waals surface area contributed by atoms with E-state index < -0.39 is 18.7 Å². The van der Waals surface area contributed by atoms with E-state index in [1.54, 1.807) is 0 Å². The molecule has 7 heteroatoms. The van der Waals surface area contributed by atoms with Crippen LogP contribution in [0.15, 0.2) is 0 Å². The monoisotopic (exact) mass is 344 g/mol. The summed E-state index contributed by atoms with van der Waals surface area (Å²) in [5.74, 6) is -1.66. The van der Waals surface area contributed by atoms with Crippen LogP contribution in [0.25, 0.3) is 0 Å². The topological polar surface area (TPSA) is 97.7 Å². The van der Waals surface area contributed by atoms with E-state index in [1.807, 2.05) is 0 Å². The summed E-state index contributed by atoms with van der Waals surface area (Å²) in [7, 11) is -4.68. The van der Waals surface area contributed by atoms with Crippen molar-refractivity contribution < 1.29 is 53.8 Å². The third kappa shape index (κ3) is 9.69. The molecular weight excluding hydrogens is 314 g/mol. The van der Waals surface area contributed by atoms with E-state index in [2.05, 4.69) is 6.92 Å². The van der Waals surface area contributed by atoms with Crippen LogP contribution in [0, 0.1) is 0 Å². The zero-order chi connectivity index (χ0) is 16.4. The molecule has 0 aromatic rings. The Bertz CT molecular complexity index is 345. The van der Waals surface area contributed by atoms with Crippen LogP contribution in [0.4, 0.5) is 0 Å². The number of carboxylic acids is 1. The van der Waals surface area contributed by atoms with E-state index in [1.165, 1.54) is 38.5 Å². The van der Waals surface area contributed by atoms with Gasteiger partial charge in [0.15, 0.2) is 0 Å². The Kier molecular flexibility index (Phi) is 14.7. The fourth-order valence-electron chi connectivity index (χ4n) is 2.32. The standard InChI is InChI=1S/C15H31O5P.Na/c1-3-4-5-6-7-8-9-10-11-12-13-15(2,14(16)17)21(18,19)20;/h3-13H2,1-2H3,(H,16,17)(H2,18,19,20);/q;+1/p-1. The molecule has 0 saturated carbocycles. The number of aliphatic carboxylic acids is 1. The van der Waals surface area contributed by atoms with Crippen molar-refractivity contribution in [2.45, 2.75) is 89.6 Å². The van der Waals surface area contributed by atoms with Crippen LogP contribution in [-0.2, 0) is 9.36 Å². The van der Waals surface area contributed by atoms with Gasteiger partial charge in [-0.2, -0.15) is 0 Å². The summed E-state index contributed by atoms with van der Waals surface area (Å²) in [5, 5.41) is 8.91. The molecule has 0 bridgehead atoms. The summed E-state index contributed by atoms with van der Waals surface area (Å²) in [4.78, 5) is 29.2. The molecule has 0 aromatic carbocycles. The molecule has 1 unspecified atom stereocenters. The minimum absolute atomic E-state index is 0. The first-order valence-corrected chi connectivity index (χ1v) is 9.64. The van der Waals surface area contributed by atoms with Crippen molar-refractivity contribution >= 4 is 13.6 Å². The van der Waals surface area contributed by atoms with Crippen molar-refractivity contribution in [2.75, 3.05) is 0 Å². The Hall–Kier alpha value is 0.620. The van der Waals surface area contributed by atoms with E-state index in [0.29, 0.717) is 6.42 Å². The van der Waals surface area contributed by atoms with Gasteiger partial charge in [0, 0.05) is 0 Å². The van der Waals surface area contributed by atoms with Crippen LogP contribution in [0.1, 0.15) is 84.5 Å². The third-order valence-corrected chi connectivity index (χ3v) is 5.79. The van der Waals surface area contributed by atoms with Crippen molar-refractivity contribution in [3.8, 4) is 0 Å². The average molecular weight is 344 g/mol. The van der Waals surface area contributed by atoms with Crippen LogP contribution < -0.4 is 34.7 Å². The number of hydrogen-bond donors (Lipinski definition) is 2. The molecule has 0 aliphatic carbocycles. The smallest absolute Gasteiger partial charge is 0.549 e. The van der Waals surface area contributed by atoms with Gasteiger partial charge in [0.1, 0.15) is 5.16 Å². The van der Waals surface area contributed by atoms with Crippen LogP contribution in [0.3, 0.4) is 0 Å². The molecule has 22 heavy (non-hydrogen) atoms. The second-order valence-corrected chi connectivity index (χ2v) is 8.11. The Morgan fingerprint density at radius 1 is 0.955 bits per heavy atom. The van der Waals surface area contributed by atoms with Gasteiger partial charge in [-0.1, -0.05) is 71.1 Å². The Morgan fingerprint density at radius 3 is 1.64 bits per heavy atom. The summed E-state index contributed by atoms with van der Waals surface area (Å²) >= 11 is 0. The molecule has 0 rings (SSSR count).